The van der Waals surface area contributed by atoms with E-state index in [9.17, 15) is 5.11 Å². The minimum atomic E-state index is -0.0782. The number of aliphatic hydroxyl groups excluding tert-OH is 1. The van der Waals surface area contributed by atoms with E-state index >= 15 is 0 Å². The monoisotopic (exact) mass is 275 g/mol. The average Bonchev–Trinajstić information content (AvgIpc) is 2.80. The number of rotatable bonds is 4. The zero-order chi connectivity index (χ0) is 13.9. The van der Waals surface area contributed by atoms with Gasteiger partial charge in [0.15, 0.2) is 0 Å². The van der Waals surface area contributed by atoms with Crippen LogP contribution in [0.15, 0.2) is 18.2 Å². The summed E-state index contributed by atoms with van der Waals surface area (Å²) in [5.41, 5.74) is 2.64. The van der Waals surface area contributed by atoms with Crippen molar-refractivity contribution in [2.24, 2.45) is 5.92 Å². The van der Waals surface area contributed by atoms with Crippen LogP contribution < -0.4 is 10.1 Å². The van der Waals surface area contributed by atoms with Crippen molar-refractivity contribution in [3.63, 3.8) is 0 Å². The van der Waals surface area contributed by atoms with Gasteiger partial charge in [-0.05, 0) is 50.3 Å². The molecule has 0 saturated heterocycles. The van der Waals surface area contributed by atoms with Crippen molar-refractivity contribution in [2.45, 2.75) is 51.2 Å². The van der Waals surface area contributed by atoms with Gasteiger partial charge in [0.05, 0.1) is 6.10 Å². The molecule has 0 amide bonds. The molecule has 0 bridgehead atoms. The van der Waals surface area contributed by atoms with Crippen molar-refractivity contribution in [3.8, 4) is 5.75 Å². The lowest BCUT2D eigenvalue weighted by Gasteiger charge is -2.26. The molecule has 0 spiro atoms. The van der Waals surface area contributed by atoms with E-state index in [0.717, 1.165) is 44.5 Å². The highest BCUT2D eigenvalue weighted by molar-refractivity contribution is 5.40. The molecule has 3 unspecified atom stereocenters. The molecule has 1 heterocycles. The number of aliphatic hydroxyl groups is 1. The van der Waals surface area contributed by atoms with Gasteiger partial charge in [-0.2, -0.15) is 0 Å². The second-order valence-corrected chi connectivity index (χ2v) is 6.40. The first kappa shape index (κ1) is 13.9. The maximum atomic E-state index is 9.68. The van der Waals surface area contributed by atoms with E-state index in [1.807, 2.05) is 0 Å². The number of benzene rings is 1. The average molecular weight is 275 g/mol. The molecule has 1 aliphatic carbocycles. The lowest BCUT2D eigenvalue weighted by molar-refractivity contribution is 0.0995. The molecule has 1 aromatic carbocycles. The Morgan fingerprint density at radius 3 is 3.05 bits per heavy atom. The fourth-order valence-corrected chi connectivity index (χ4v) is 3.46. The Kier molecular flexibility index (Phi) is 4.27. The molecule has 0 radical (unpaired) electrons. The fourth-order valence-electron chi connectivity index (χ4n) is 3.46. The summed E-state index contributed by atoms with van der Waals surface area (Å²) < 4.78 is 5.96. The Balaban J connectivity index is 1.42. The molecule has 1 aliphatic heterocycles. The molecule has 2 aliphatic rings. The molecule has 110 valence electrons. The van der Waals surface area contributed by atoms with Crippen molar-refractivity contribution in [2.75, 3.05) is 13.1 Å². The molecule has 1 aromatic rings. The van der Waals surface area contributed by atoms with E-state index in [-0.39, 0.29) is 12.2 Å². The fraction of sp³-hybridized carbons (Fsp3) is 0.647. The summed E-state index contributed by atoms with van der Waals surface area (Å²) in [6.45, 7) is 4.03. The second-order valence-electron chi connectivity index (χ2n) is 6.40. The van der Waals surface area contributed by atoms with E-state index in [1.165, 1.54) is 17.5 Å². The number of hydrogen-bond acceptors (Lipinski definition) is 3. The normalized spacial score (nSPS) is 29.0. The van der Waals surface area contributed by atoms with Crippen LogP contribution in [0.3, 0.4) is 0 Å². The number of fused-ring (bicyclic) bond motifs is 1. The van der Waals surface area contributed by atoms with Crippen LogP contribution in [0.2, 0.25) is 0 Å². The van der Waals surface area contributed by atoms with Gasteiger partial charge < -0.3 is 15.2 Å². The van der Waals surface area contributed by atoms with Gasteiger partial charge in [-0.25, -0.2) is 0 Å². The van der Waals surface area contributed by atoms with Gasteiger partial charge in [-0.1, -0.05) is 24.1 Å². The van der Waals surface area contributed by atoms with Crippen LogP contribution in [0.25, 0.3) is 0 Å². The van der Waals surface area contributed by atoms with Crippen molar-refractivity contribution in [1.82, 2.24) is 5.32 Å². The van der Waals surface area contributed by atoms with Crippen LogP contribution in [0, 0.1) is 12.8 Å². The smallest absolute Gasteiger partial charge is 0.123 e. The zero-order valence-corrected chi connectivity index (χ0v) is 12.3. The van der Waals surface area contributed by atoms with E-state index in [2.05, 4.69) is 30.4 Å². The summed E-state index contributed by atoms with van der Waals surface area (Å²) in [7, 11) is 0. The number of ether oxygens (including phenoxy) is 1. The molecule has 1 saturated carbocycles. The van der Waals surface area contributed by atoms with Crippen LogP contribution in [0.5, 0.6) is 5.75 Å². The molecule has 3 heteroatoms. The lowest BCUT2D eigenvalue weighted by atomic mass is 9.87. The standard InChI is InChI=1S/C17H25NO2/c1-12-5-6-17-14(7-12)9-16(20-17)11-18-10-13-3-2-4-15(19)8-13/h5-7,13,15-16,18-19H,2-4,8-11H2,1H3. The minimum Gasteiger partial charge on any atom is -0.488 e. The molecule has 3 nitrogen and oxygen atoms in total. The molecule has 3 rings (SSSR count). The first-order valence-corrected chi connectivity index (χ1v) is 7.85. The second kappa shape index (κ2) is 6.15. The Bertz CT molecular complexity index is 460. The van der Waals surface area contributed by atoms with Gasteiger partial charge in [0, 0.05) is 13.0 Å². The van der Waals surface area contributed by atoms with Crippen LogP contribution in [0.4, 0.5) is 0 Å². The third kappa shape index (κ3) is 3.33. The minimum absolute atomic E-state index is 0.0782. The summed E-state index contributed by atoms with van der Waals surface area (Å²) in [6, 6.07) is 6.42. The van der Waals surface area contributed by atoms with Gasteiger partial charge in [0.2, 0.25) is 0 Å². The molecule has 3 atom stereocenters. The Labute approximate surface area is 121 Å². The summed E-state index contributed by atoms with van der Waals surface area (Å²) in [5.74, 6) is 1.68. The quantitative estimate of drug-likeness (QED) is 0.887. The van der Waals surface area contributed by atoms with Crippen LogP contribution in [-0.4, -0.2) is 30.4 Å². The predicted molar refractivity (Wildman–Crippen MR) is 80.1 cm³/mol. The maximum absolute atomic E-state index is 9.68. The number of nitrogens with one attached hydrogen (secondary N) is 1. The van der Waals surface area contributed by atoms with Gasteiger partial charge in [-0.3, -0.25) is 0 Å². The zero-order valence-electron chi connectivity index (χ0n) is 12.3. The summed E-state index contributed by atoms with van der Waals surface area (Å²) in [4.78, 5) is 0. The van der Waals surface area contributed by atoms with Crippen molar-refractivity contribution in [1.29, 1.82) is 0 Å². The van der Waals surface area contributed by atoms with E-state index in [0.29, 0.717) is 5.92 Å². The summed E-state index contributed by atoms with van der Waals surface area (Å²) in [6.07, 6.45) is 5.55. The first-order valence-electron chi connectivity index (χ1n) is 7.85. The van der Waals surface area contributed by atoms with Gasteiger partial charge in [0.1, 0.15) is 11.9 Å². The number of hydrogen-bond donors (Lipinski definition) is 2. The van der Waals surface area contributed by atoms with Crippen molar-refractivity contribution < 1.29 is 9.84 Å². The van der Waals surface area contributed by atoms with E-state index in [1.54, 1.807) is 0 Å². The highest BCUT2D eigenvalue weighted by Gasteiger charge is 2.24. The Hall–Kier alpha value is -1.06. The molecule has 2 N–H and O–H groups in total. The third-order valence-corrected chi connectivity index (χ3v) is 4.52. The highest BCUT2D eigenvalue weighted by Crippen LogP contribution is 2.29. The van der Waals surface area contributed by atoms with E-state index in [4.69, 9.17) is 4.74 Å². The third-order valence-electron chi connectivity index (χ3n) is 4.52. The van der Waals surface area contributed by atoms with Crippen molar-refractivity contribution in [3.05, 3.63) is 29.3 Å². The first-order chi connectivity index (χ1) is 9.70. The highest BCUT2D eigenvalue weighted by atomic mass is 16.5. The summed E-state index contributed by atoms with van der Waals surface area (Å²) in [5, 5.41) is 13.2. The van der Waals surface area contributed by atoms with Crippen LogP contribution in [0.1, 0.15) is 36.8 Å². The molecular weight excluding hydrogens is 250 g/mol. The maximum Gasteiger partial charge on any atom is 0.123 e. The van der Waals surface area contributed by atoms with Crippen LogP contribution >= 0.6 is 0 Å². The van der Waals surface area contributed by atoms with Gasteiger partial charge >= 0.3 is 0 Å². The Morgan fingerprint density at radius 2 is 2.20 bits per heavy atom. The molecular formula is C17H25NO2. The van der Waals surface area contributed by atoms with Gasteiger partial charge in [-0.15, -0.1) is 0 Å². The van der Waals surface area contributed by atoms with E-state index < -0.39 is 0 Å². The Morgan fingerprint density at radius 1 is 1.30 bits per heavy atom. The molecule has 0 aromatic heterocycles. The SMILES string of the molecule is Cc1ccc2c(c1)CC(CNCC1CCCC(O)C1)O2. The topological polar surface area (TPSA) is 41.5 Å². The van der Waals surface area contributed by atoms with Crippen LogP contribution in [-0.2, 0) is 6.42 Å². The number of aryl methyl sites for hydroxylation is 1. The van der Waals surface area contributed by atoms with Crippen molar-refractivity contribution >= 4 is 0 Å². The predicted octanol–water partition coefficient (Wildman–Crippen LogP) is 2.44. The van der Waals surface area contributed by atoms with Gasteiger partial charge in [0.25, 0.3) is 0 Å². The molecule has 1 fully saturated rings. The molecule has 20 heavy (non-hydrogen) atoms. The largest absolute Gasteiger partial charge is 0.488 e. The summed E-state index contributed by atoms with van der Waals surface area (Å²) >= 11 is 0. The lowest BCUT2D eigenvalue weighted by Crippen LogP contribution is -2.35.